The van der Waals surface area contributed by atoms with E-state index in [1.165, 1.54) is 22.3 Å². The minimum Gasteiger partial charge on any atom is -0.488 e. The van der Waals surface area contributed by atoms with Gasteiger partial charge in [-0.25, -0.2) is 0 Å². The molecule has 0 fully saturated rings. The molecule has 0 atom stereocenters. The Hall–Kier alpha value is -4.90. The van der Waals surface area contributed by atoms with Crippen LogP contribution in [-0.2, 0) is 19.4 Å². The number of allylic oxidation sites excluding steroid dienone is 1. The van der Waals surface area contributed by atoms with Crippen LogP contribution >= 0.6 is 0 Å². The molecule has 0 saturated heterocycles. The molecule has 5 aromatic carbocycles. The molecule has 0 saturated carbocycles. The second kappa shape index (κ2) is 17.7. The number of hydrogen-bond donors (Lipinski definition) is 3. The van der Waals surface area contributed by atoms with Crippen LogP contribution < -0.4 is 22.2 Å². The second-order valence-corrected chi connectivity index (χ2v) is 9.64. The first-order valence-corrected chi connectivity index (χ1v) is 14.0. The van der Waals surface area contributed by atoms with Gasteiger partial charge in [-0.1, -0.05) is 141 Å². The van der Waals surface area contributed by atoms with E-state index in [0.717, 1.165) is 35.3 Å². The number of hydrogen-bond acceptors (Lipinski definition) is 4. The fourth-order valence-electron chi connectivity index (χ4n) is 4.31. The molecule has 0 aromatic heterocycles. The predicted molar refractivity (Wildman–Crippen MR) is 178 cm³/mol. The molecule has 214 valence electrons. The van der Waals surface area contributed by atoms with Crippen molar-refractivity contribution in [2.75, 3.05) is 0 Å². The molecule has 4 heteroatoms. The van der Waals surface area contributed by atoms with Crippen molar-refractivity contribution in [3.63, 3.8) is 0 Å². The second-order valence-electron chi connectivity index (χ2n) is 9.64. The van der Waals surface area contributed by atoms with Gasteiger partial charge in [0.1, 0.15) is 12.4 Å². The minimum atomic E-state index is 0.503. The fraction of sp³-hybridized carbons (Fsp3) is 0.105. The first-order chi connectivity index (χ1) is 20.6. The summed E-state index contributed by atoms with van der Waals surface area (Å²) >= 11 is 0. The Bertz CT molecular complexity index is 1510. The summed E-state index contributed by atoms with van der Waals surface area (Å²) in [6.45, 7) is 6.42. The number of benzene rings is 5. The molecule has 0 aliphatic rings. The zero-order valence-corrected chi connectivity index (χ0v) is 24.3. The topological polar surface area (TPSA) is 87.3 Å². The van der Waals surface area contributed by atoms with Gasteiger partial charge in [-0.2, -0.15) is 0 Å². The minimum absolute atomic E-state index is 0.503. The van der Waals surface area contributed by atoms with Crippen LogP contribution in [0.2, 0.25) is 0 Å². The molecule has 4 nitrogen and oxygen atoms in total. The van der Waals surface area contributed by atoms with Crippen molar-refractivity contribution in [2.45, 2.75) is 26.4 Å². The zero-order chi connectivity index (χ0) is 30.0. The number of aryl methyl sites for hydroxylation is 1. The van der Waals surface area contributed by atoms with E-state index < -0.39 is 0 Å². The molecule has 0 aliphatic heterocycles. The molecular formula is C38H41N3O. The van der Waals surface area contributed by atoms with Gasteiger partial charge in [0.25, 0.3) is 0 Å². The van der Waals surface area contributed by atoms with E-state index in [4.69, 9.17) is 10.5 Å². The standard InChI is InChI=1S/C30H27NO.C8H10.H4N2/c1-23(31)15-16-27-17-18-29(21-30(27)32-22-25-11-6-3-7-12-25)28-14-8-13-26(20-28)19-24-9-4-2-5-10-24;1-2-8-6-4-3-5-7-8;1-2/h2-18,20-21H,1,19,22,31H2;3-7H,2H2,1H3;1-2H2/b16-15-;;. The highest BCUT2D eigenvalue weighted by atomic mass is 16.5. The average Bonchev–Trinajstić information content (AvgIpc) is 3.05. The van der Waals surface area contributed by atoms with Crippen molar-refractivity contribution in [1.82, 2.24) is 0 Å². The molecule has 0 bridgehead atoms. The molecule has 0 unspecified atom stereocenters. The fourth-order valence-corrected chi connectivity index (χ4v) is 4.31. The van der Waals surface area contributed by atoms with Crippen LogP contribution in [0.15, 0.2) is 152 Å². The lowest BCUT2D eigenvalue weighted by Crippen LogP contribution is -2.02. The van der Waals surface area contributed by atoms with Gasteiger partial charge < -0.3 is 10.5 Å². The van der Waals surface area contributed by atoms with Crippen molar-refractivity contribution >= 4 is 6.08 Å². The predicted octanol–water partition coefficient (Wildman–Crippen LogP) is 8.08. The average molecular weight is 556 g/mol. The third-order valence-electron chi connectivity index (χ3n) is 6.49. The summed E-state index contributed by atoms with van der Waals surface area (Å²) < 4.78 is 6.22. The lowest BCUT2D eigenvalue weighted by atomic mass is 9.98. The van der Waals surface area contributed by atoms with Crippen LogP contribution in [0.5, 0.6) is 5.75 Å². The highest BCUT2D eigenvalue weighted by Gasteiger charge is 2.07. The van der Waals surface area contributed by atoms with Crippen LogP contribution in [0.3, 0.4) is 0 Å². The van der Waals surface area contributed by atoms with Crippen LogP contribution in [0.25, 0.3) is 17.2 Å². The molecule has 0 aliphatic carbocycles. The summed E-state index contributed by atoms with van der Waals surface area (Å²) in [7, 11) is 0. The Morgan fingerprint density at radius 1 is 0.643 bits per heavy atom. The van der Waals surface area contributed by atoms with E-state index in [0.29, 0.717) is 12.3 Å². The number of nitrogens with two attached hydrogens (primary N) is 3. The van der Waals surface area contributed by atoms with Gasteiger partial charge in [0, 0.05) is 11.3 Å². The van der Waals surface area contributed by atoms with Gasteiger partial charge in [-0.3, -0.25) is 11.7 Å². The normalized spacial score (nSPS) is 10.2. The molecule has 42 heavy (non-hydrogen) atoms. The van der Waals surface area contributed by atoms with Gasteiger partial charge in [0.05, 0.1) is 0 Å². The van der Waals surface area contributed by atoms with Gasteiger partial charge in [-0.05, 0) is 64.4 Å². The summed E-state index contributed by atoms with van der Waals surface area (Å²) in [5, 5.41) is 0. The maximum atomic E-state index is 6.22. The molecule has 5 rings (SSSR count). The summed E-state index contributed by atoms with van der Waals surface area (Å²) in [5.41, 5.74) is 14.6. The smallest absolute Gasteiger partial charge is 0.127 e. The van der Waals surface area contributed by atoms with Crippen LogP contribution in [-0.4, -0.2) is 0 Å². The number of ether oxygens (including phenoxy) is 1. The Labute approximate surface area is 250 Å². The summed E-state index contributed by atoms with van der Waals surface area (Å²) in [6, 6.07) is 46.1. The number of rotatable bonds is 9. The first-order valence-electron chi connectivity index (χ1n) is 14.0. The molecular weight excluding hydrogens is 514 g/mol. The van der Waals surface area contributed by atoms with Crippen LogP contribution in [0.1, 0.15) is 34.7 Å². The third-order valence-corrected chi connectivity index (χ3v) is 6.49. The summed E-state index contributed by atoms with van der Waals surface area (Å²) in [6.07, 6.45) is 5.79. The summed E-state index contributed by atoms with van der Waals surface area (Å²) in [4.78, 5) is 0. The van der Waals surface area contributed by atoms with E-state index in [1.807, 2.05) is 36.4 Å². The maximum Gasteiger partial charge on any atom is 0.127 e. The third kappa shape index (κ3) is 10.6. The van der Waals surface area contributed by atoms with Gasteiger partial charge in [0.2, 0.25) is 0 Å². The first kappa shape index (κ1) is 31.6. The highest BCUT2D eigenvalue weighted by molar-refractivity contribution is 5.71. The van der Waals surface area contributed by atoms with Crippen molar-refractivity contribution in [2.24, 2.45) is 17.4 Å². The van der Waals surface area contributed by atoms with Crippen LogP contribution in [0.4, 0.5) is 0 Å². The lowest BCUT2D eigenvalue weighted by molar-refractivity contribution is 0.305. The zero-order valence-electron chi connectivity index (χ0n) is 24.3. The van der Waals surface area contributed by atoms with E-state index in [1.54, 1.807) is 6.08 Å². The van der Waals surface area contributed by atoms with Crippen molar-refractivity contribution in [3.8, 4) is 16.9 Å². The maximum absolute atomic E-state index is 6.22. The van der Waals surface area contributed by atoms with Crippen molar-refractivity contribution < 1.29 is 4.74 Å². The highest BCUT2D eigenvalue weighted by Crippen LogP contribution is 2.30. The van der Waals surface area contributed by atoms with Crippen molar-refractivity contribution in [1.29, 1.82) is 0 Å². The molecule has 0 radical (unpaired) electrons. The number of hydrazine groups is 1. The van der Waals surface area contributed by atoms with E-state index in [-0.39, 0.29) is 0 Å². The Morgan fingerprint density at radius 3 is 1.76 bits per heavy atom. The monoisotopic (exact) mass is 555 g/mol. The van der Waals surface area contributed by atoms with E-state index in [9.17, 15) is 0 Å². The Morgan fingerprint density at radius 2 is 1.19 bits per heavy atom. The van der Waals surface area contributed by atoms with Gasteiger partial charge in [-0.15, -0.1) is 0 Å². The SMILES string of the molecule is C=C(N)/C=C\c1ccc(-c2cccc(Cc3ccccc3)c2)cc1OCc1ccccc1.CCc1ccccc1.NN. The van der Waals surface area contributed by atoms with E-state index >= 15 is 0 Å². The molecule has 6 N–H and O–H groups in total. The molecule has 0 heterocycles. The molecule has 0 spiro atoms. The van der Waals surface area contributed by atoms with E-state index in [2.05, 4.69) is 128 Å². The van der Waals surface area contributed by atoms with Gasteiger partial charge >= 0.3 is 0 Å². The van der Waals surface area contributed by atoms with Crippen LogP contribution in [0, 0.1) is 0 Å². The van der Waals surface area contributed by atoms with Gasteiger partial charge in [0.15, 0.2) is 0 Å². The van der Waals surface area contributed by atoms with Crippen molar-refractivity contribution in [3.05, 3.63) is 180 Å². The molecule has 0 amide bonds. The largest absolute Gasteiger partial charge is 0.488 e. The molecule has 5 aromatic rings. The quantitative estimate of drug-likeness (QED) is 0.0975. The summed E-state index contributed by atoms with van der Waals surface area (Å²) in [5.74, 6) is 8.82. The lowest BCUT2D eigenvalue weighted by Gasteiger charge is -2.13. The Kier molecular flexibility index (Phi) is 13.3. The Balaban J connectivity index is 0.000000414.